The highest BCUT2D eigenvalue weighted by Gasteiger charge is 2.32. The number of ether oxygens (including phenoxy) is 1. The minimum Gasteiger partial charge on any atom is -0.490 e. The van der Waals surface area contributed by atoms with Gasteiger partial charge >= 0.3 is 6.18 Å². The van der Waals surface area contributed by atoms with Crippen LogP contribution in [0.2, 0.25) is 0 Å². The predicted octanol–water partition coefficient (Wildman–Crippen LogP) is 4.61. The van der Waals surface area contributed by atoms with Gasteiger partial charge in [-0.15, -0.1) is 0 Å². The second-order valence-electron chi connectivity index (χ2n) is 7.25. The van der Waals surface area contributed by atoms with Crippen LogP contribution >= 0.6 is 0 Å². The van der Waals surface area contributed by atoms with Gasteiger partial charge in [-0.3, -0.25) is 4.98 Å². The minimum atomic E-state index is -4.49. The van der Waals surface area contributed by atoms with E-state index in [1.165, 1.54) is 6.07 Å². The summed E-state index contributed by atoms with van der Waals surface area (Å²) in [6, 6.07) is 5.82. The van der Waals surface area contributed by atoms with E-state index in [0.717, 1.165) is 18.7 Å². The Bertz CT molecular complexity index is 758. The molecule has 0 radical (unpaired) electrons. The summed E-state index contributed by atoms with van der Waals surface area (Å²) in [6.07, 6.45) is -2.55. The number of hydrogen-bond acceptors (Lipinski definition) is 4. The van der Waals surface area contributed by atoms with Gasteiger partial charge < -0.3 is 10.5 Å². The second kappa shape index (κ2) is 7.61. The average molecular weight is 367 g/mol. The van der Waals surface area contributed by atoms with Crippen LogP contribution in [0.5, 0.6) is 5.75 Å². The molecule has 2 heterocycles. The molecule has 0 spiro atoms. The van der Waals surface area contributed by atoms with Crippen molar-refractivity contribution in [3.05, 3.63) is 41.9 Å². The van der Waals surface area contributed by atoms with E-state index in [-0.39, 0.29) is 0 Å². The fraction of sp³-hybridized carbons (Fsp3) is 0.474. The molecular formula is C19H24F3N3O. The smallest absolute Gasteiger partial charge is 0.433 e. The number of nitrogens with zero attached hydrogens (tertiary/aromatic N) is 2. The van der Waals surface area contributed by atoms with Crippen LogP contribution in [0, 0.1) is 12.8 Å². The summed E-state index contributed by atoms with van der Waals surface area (Å²) in [5.74, 6) is 1.02. The van der Waals surface area contributed by atoms with Crippen LogP contribution in [-0.4, -0.2) is 22.1 Å². The van der Waals surface area contributed by atoms with Crippen molar-refractivity contribution < 1.29 is 17.9 Å². The first-order valence-electron chi connectivity index (χ1n) is 8.41. The van der Waals surface area contributed by atoms with Crippen molar-refractivity contribution in [3.8, 4) is 17.0 Å². The average Bonchev–Trinajstić information content (AvgIpc) is 2.52. The molecule has 2 aromatic rings. The highest BCUT2D eigenvalue weighted by Crippen LogP contribution is 2.31. The highest BCUT2D eigenvalue weighted by molar-refractivity contribution is 5.60. The van der Waals surface area contributed by atoms with E-state index in [9.17, 15) is 13.2 Å². The fourth-order valence-corrected chi connectivity index (χ4v) is 2.84. The number of aryl methyl sites for hydroxylation is 1. The number of alkyl halides is 3. The molecule has 26 heavy (non-hydrogen) atoms. The van der Waals surface area contributed by atoms with E-state index in [0.29, 0.717) is 35.2 Å². The molecule has 1 atom stereocenters. The van der Waals surface area contributed by atoms with Crippen LogP contribution in [-0.2, 0) is 6.18 Å². The summed E-state index contributed by atoms with van der Waals surface area (Å²) >= 11 is 0. The summed E-state index contributed by atoms with van der Waals surface area (Å²) in [5.41, 5.74) is 6.20. The molecule has 142 valence electrons. The van der Waals surface area contributed by atoms with Gasteiger partial charge in [-0.1, -0.05) is 13.8 Å². The van der Waals surface area contributed by atoms with Crippen LogP contribution < -0.4 is 10.5 Å². The van der Waals surface area contributed by atoms with Crippen molar-refractivity contribution in [2.75, 3.05) is 6.61 Å². The van der Waals surface area contributed by atoms with Crippen LogP contribution in [0.15, 0.2) is 30.5 Å². The van der Waals surface area contributed by atoms with Crippen molar-refractivity contribution >= 4 is 0 Å². The maximum Gasteiger partial charge on any atom is 0.433 e. The lowest BCUT2D eigenvalue weighted by atomic mass is 9.93. The summed E-state index contributed by atoms with van der Waals surface area (Å²) in [7, 11) is 0. The van der Waals surface area contributed by atoms with Crippen molar-refractivity contribution in [1.29, 1.82) is 0 Å². The Morgan fingerprint density at radius 3 is 2.46 bits per heavy atom. The molecule has 0 fully saturated rings. The van der Waals surface area contributed by atoms with E-state index in [1.807, 2.05) is 6.92 Å². The Morgan fingerprint density at radius 2 is 1.88 bits per heavy atom. The van der Waals surface area contributed by atoms with Crippen LogP contribution in [0.3, 0.4) is 0 Å². The third kappa shape index (κ3) is 5.42. The summed E-state index contributed by atoms with van der Waals surface area (Å²) in [6.45, 7) is 8.20. The maximum absolute atomic E-state index is 12.8. The minimum absolute atomic E-state index is 0.334. The molecule has 0 saturated carbocycles. The maximum atomic E-state index is 12.8. The number of nitrogens with two attached hydrogens (primary N) is 1. The Balaban J connectivity index is 2.17. The molecule has 0 bridgehead atoms. The monoisotopic (exact) mass is 367 g/mol. The molecule has 2 aromatic heterocycles. The van der Waals surface area contributed by atoms with E-state index in [2.05, 4.69) is 23.8 Å². The van der Waals surface area contributed by atoms with Crippen molar-refractivity contribution in [3.63, 3.8) is 0 Å². The molecule has 0 amide bonds. The van der Waals surface area contributed by atoms with E-state index in [1.54, 1.807) is 19.1 Å². The lowest BCUT2D eigenvalue weighted by Crippen LogP contribution is -2.43. The summed E-state index contributed by atoms with van der Waals surface area (Å²) in [4.78, 5) is 7.73. The first-order valence-corrected chi connectivity index (χ1v) is 8.41. The van der Waals surface area contributed by atoms with Crippen LogP contribution in [0.1, 0.15) is 38.6 Å². The molecule has 2 N–H and O–H groups in total. The second-order valence-corrected chi connectivity index (χ2v) is 7.25. The normalized spacial score (nSPS) is 14.3. The highest BCUT2D eigenvalue weighted by atomic mass is 19.4. The first kappa shape index (κ1) is 20.2. The molecule has 0 saturated heterocycles. The van der Waals surface area contributed by atoms with Crippen LogP contribution in [0.25, 0.3) is 11.3 Å². The Hall–Kier alpha value is -2.15. The largest absolute Gasteiger partial charge is 0.490 e. The number of halogens is 3. The van der Waals surface area contributed by atoms with Gasteiger partial charge in [0, 0.05) is 17.3 Å². The molecule has 0 unspecified atom stereocenters. The van der Waals surface area contributed by atoms with Crippen molar-refractivity contribution in [2.24, 2.45) is 11.7 Å². The van der Waals surface area contributed by atoms with Gasteiger partial charge in [0.2, 0.25) is 0 Å². The number of pyridine rings is 2. The first-order chi connectivity index (χ1) is 12.0. The third-order valence-corrected chi connectivity index (χ3v) is 3.82. The molecule has 0 aliphatic rings. The van der Waals surface area contributed by atoms with Crippen molar-refractivity contribution in [1.82, 2.24) is 9.97 Å². The van der Waals surface area contributed by atoms with Gasteiger partial charge in [0.25, 0.3) is 0 Å². The molecule has 7 heteroatoms. The van der Waals surface area contributed by atoms with Gasteiger partial charge in [-0.25, -0.2) is 4.98 Å². The third-order valence-electron chi connectivity index (χ3n) is 3.82. The van der Waals surface area contributed by atoms with Gasteiger partial charge in [-0.05, 0) is 50.5 Å². The Labute approximate surface area is 151 Å². The summed E-state index contributed by atoms with van der Waals surface area (Å²) in [5, 5.41) is 0. The van der Waals surface area contributed by atoms with E-state index >= 15 is 0 Å². The topological polar surface area (TPSA) is 61.0 Å². The number of aromatic nitrogens is 2. The SMILES string of the molecule is Cc1nc(-c2ccnc(C(F)(F)F)c2)ccc1OC[C@@](C)(N)CC(C)C. The zero-order valence-corrected chi connectivity index (χ0v) is 15.4. The lowest BCUT2D eigenvalue weighted by Gasteiger charge is -2.27. The molecule has 4 nitrogen and oxygen atoms in total. The number of hydrogen-bond donors (Lipinski definition) is 1. The molecule has 0 aromatic carbocycles. The molecular weight excluding hydrogens is 343 g/mol. The van der Waals surface area contributed by atoms with Gasteiger partial charge in [0.15, 0.2) is 0 Å². The molecule has 0 aliphatic carbocycles. The fourth-order valence-electron chi connectivity index (χ4n) is 2.84. The quantitative estimate of drug-likeness (QED) is 0.810. The Kier molecular flexibility index (Phi) is 5.91. The number of rotatable bonds is 6. The van der Waals surface area contributed by atoms with E-state index < -0.39 is 17.4 Å². The van der Waals surface area contributed by atoms with E-state index in [4.69, 9.17) is 10.5 Å². The molecule has 2 rings (SSSR count). The predicted molar refractivity (Wildman–Crippen MR) is 94.7 cm³/mol. The Morgan fingerprint density at radius 1 is 1.19 bits per heavy atom. The standard InChI is InChI=1S/C19H24F3N3O/c1-12(2)10-18(4,23)11-26-16-6-5-15(25-13(16)3)14-7-8-24-17(9-14)19(20,21)22/h5-9,12H,10-11,23H2,1-4H3/t18-/m0/s1. The zero-order chi connectivity index (χ0) is 19.5. The zero-order valence-electron chi connectivity index (χ0n) is 15.4. The van der Waals surface area contributed by atoms with Gasteiger partial charge in [0.1, 0.15) is 18.1 Å². The van der Waals surface area contributed by atoms with Gasteiger partial charge in [0.05, 0.1) is 11.4 Å². The molecule has 0 aliphatic heterocycles. The van der Waals surface area contributed by atoms with Crippen molar-refractivity contribution in [2.45, 2.75) is 45.8 Å². The summed E-state index contributed by atoms with van der Waals surface area (Å²) < 4.78 is 44.2. The van der Waals surface area contributed by atoms with Crippen LogP contribution in [0.4, 0.5) is 13.2 Å². The lowest BCUT2D eigenvalue weighted by molar-refractivity contribution is -0.141. The van der Waals surface area contributed by atoms with Gasteiger partial charge in [-0.2, -0.15) is 13.2 Å².